The van der Waals surface area contributed by atoms with Crippen LogP contribution in [0.4, 0.5) is 0 Å². The van der Waals surface area contributed by atoms with Crippen molar-refractivity contribution >= 4 is 11.9 Å². The molecule has 0 saturated carbocycles. The minimum Gasteiger partial charge on any atom is -0.481 e. The van der Waals surface area contributed by atoms with Gasteiger partial charge in [0.05, 0.1) is 6.42 Å². The Balaban J connectivity index is 2.69. The Morgan fingerprint density at radius 3 is 2.59 bits per heavy atom. The average molecular weight is 301 g/mol. The number of hydrogen-bond acceptors (Lipinski definition) is 4. The van der Waals surface area contributed by atoms with Crippen molar-refractivity contribution in [1.82, 2.24) is 10.2 Å². The molecule has 1 amide bonds. The lowest BCUT2D eigenvalue weighted by Crippen LogP contribution is -2.28. The minimum absolute atomic E-state index is 0.00199. The molecule has 0 bridgehead atoms. The third-order valence-electron chi connectivity index (χ3n) is 2.94. The summed E-state index contributed by atoms with van der Waals surface area (Å²) in [7, 11) is 0. The summed E-state index contributed by atoms with van der Waals surface area (Å²) in [6, 6.07) is 11.6. The van der Waals surface area contributed by atoms with Crippen molar-refractivity contribution in [1.29, 1.82) is 5.26 Å². The average Bonchev–Trinajstić information content (AvgIpc) is 2.51. The molecule has 6 nitrogen and oxygen atoms in total. The monoisotopic (exact) mass is 301 g/mol. The van der Waals surface area contributed by atoms with E-state index in [1.807, 2.05) is 48.2 Å². The Morgan fingerprint density at radius 2 is 2.05 bits per heavy atom. The fourth-order valence-electron chi connectivity index (χ4n) is 1.77. The lowest BCUT2D eigenvalue weighted by molar-refractivity contribution is -0.136. The van der Waals surface area contributed by atoms with Gasteiger partial charge in [-0.05, 0) is 12.5 Å². The van der Waals surface area contributed by atoms with Crippen LogP contribution in [-0.4, -0.2) is 35.0 Å². The summed E-state index contributed by atoms with van der Waals surface area (Å²) in [5.41, 5.74) is 1.03. The first-order chi connectivity index (χ1) is 10.6. The molecule has 0 aliphatic heterocycles. The van der Waals surface area contributed by atoms with Crippen LogP contribution in [-0.2, 0) is 16.1 Å². The van der Waals surface area contributed by atoms with Crippen molar-refractivity contribution < 1.29 is 14.7 Å². The number of carbonyl (C=O) groups is 2. The van der Waals surface area contributed by atoms with E-state index in [2.05, 4.69) is 5.32 Å². The van der Waals surface area contributed by atoms with E-state index in [9.17, 15) is 9.59 Å². The van der Waals surface area contributed by atoms with Crippen molar-refractivity contribution in [2.24, 2.45) is 0 Å². The third kappa shape index (κ3) is 6.09. The zero-order chi connectivity index (χ0) is 16.4. The van der Waals surface area contributed by atoms with Crippen molar-refractivity contribution in [2.75, 3.05) is 13.1 Å². The topological polar surface area (TPSA) is 93.4 Å². The van der Waals surface area contributed by atoms with Gasteiger partial charge >= 0.3 is 5.97 Å². The number of hydrogen-bond donors (Lipinski definition) is 2. The quantitative estimate of drug-likeness (QED) is 0.560. The van der Waals surface area contributed by atoms with Gasteiger partial charge in [-0.1, -0.05) is 30.3 Å². The molecule has 0 aliphatic carbocycles. The van der Waals surface area contributed by atoms with E-state index in [4.69, 9.17) is 10.4 Å². The second-order valence-electron chi connectivity index (χ2n) is 4.60. The molecule has 0 radical (unpaired) electrons. The van der Waals surface area contributed by atoms with E-state index in [0.29, 0.717) is 13.1 Å². The van der Waals surface area contributed by atoms with Crippen LogP contribution < -0.4 is 5.32 Å². The third-order valence-corrected chi connectivity index (χ3v) is 2.94. The zero-order valence-electron chi connectivity index (χ0n) is 12.5. The molecule has 1 aromatic rings. The van der Waals surface area contributed by atoms with Gasteiger partial charge in [-0.25, -0.2) is 0 Å². The van der Waals surface area contributed by atoms with Crippen LogP contribution in [0, 0.1) is 11.3 Å². The number of aliphatic carboxylic acids is 1. The molecule has 116 valence electrons. The maximum atomic E-state index is 11.8. The van der Waals surface area contributed by atoms with E-state index in [0.717, 1.165) is 5.56 Å². The van der Waals surface area contributed by atoms with E-state index in [1.165, 1.54) is 6.20 Å². The van der Waals surface area contributed by atoms with Crippen LogP contribution >= 0.6 is 0 Å². The summed E-state index contributed by atoms with van der Waals surface area (Å²) in [4.78, 5) is 24.1. The van der Waals surface area contributed by atoms with Gasteiger partial charge in [0, 0.05) is 25.8 Å². The molecular formula is C16H19N3O3. The van der Waals surface area contributed by atoms with Crippen LogP contribution in [0.5, 0.6) is 0 Å². The van der Waals surface area contributed by atoms with Gasteiger partial charge in [-0.3, -0.25) is 9.59 Å². The highest BCUT2D eigenvalue weighted by molar-refractivity contribution is 5.97. The van der Waals surface area contributed by atoms with Crippen LogP contribution in [0.15, 0.2) is 42.1 Å². The molecule has 0 fully saturated rings. The summed E-state index contributed by atoms with van der Waals surface area (Å²) in [6.07, 6.45) is 1.33. The molecule has 0 aliphatic rings. The van der Waals surface area contributed by atoms with Gasteiger partial charge in [0.1, 0.15) is 11.6 Å². The first-order valence-corrected chi connectivity index (χ1v) is 6.96. The maximum absolute atomic E-state index is 11.8. The fourth-order valence-corrected chi connectivity index (χ4v) is 1.77. The van der Waals surface area contributed by atoms with Gasteiger partial charge < -0.3 is 15.3 Å². The number of nitrogens with zero attached hydrogens (tertiary/aromatic N) is 2. The summed E-state index contributed by atoms with van der Waals surface area (Å²) < 4.78 is 0. The summed E-state index contributed by atoms with van der Waals surface area (Å²) in [6.45, 7) is 3.15. The number of benzene rings is 1. The Morgan fingerprint density at radius 1 is 1.36 bits per heavy atom. The largest absolute Gasteiger partial charge is 0.481 e. The predicted octanol–water partition coefficient (Wildman–Crippen LogP) is 1.51. The van der Waals surface area contributed by atoms with E-state index in [-0.39, 0.29) is 18.5 Å². The summed E-state index contributed by atoms with van der Waals surface area (Å²) >= 11 is 0. The molecule has 0 heterocycles. The maximum Gasteiger partial charge on any atom is 0.305 e. The molecular weight excluding hydrogens is 282 g/mol. The number of carboxylic acids is 1. The lowest BCUT2D eigenvalue weighted by atomic mass is 10.2. The first-order valence-electron chi connectivity index (χ1n) is 6.96. The smallest absolute Gasteiger partial charge is 0.305 e. The highest BCUT2D eigenvalue weighted by Crippen LogP contribution is 2.06. The second-order valence-corrected chi connectivity index (χ2v) is 4.60. The van der Waals surface area contributed by atoms with Crippen LogP contribution in [0.1, 0.15) is 18.9 Å². The normalized spacial score (nSPS) is 10.6. The fraction of sp³-hybridized carbons (Fsp3) is 0.312. The SMILES string of the molecule is CCN(/C=C(/C#N)C(=O)NCCC(=O)O)Cc1ccccc1. The van der Waals surface area contributed by atoms with E-state index < -0.39 is 11.9 Å². The molecule has 22 heavy (non-hydrogen) atoms. The summed E-state index contributed by atoms with van der Waals surface area (Å²) in [5, 5.41) is 20.0. The Hall–Kier alpha value is -2.81. The number of rotatable bonds is 8. The number of nitrogens with one attached hydrogen (secondary N) is 1. The standard InChI is InChI=1S/C16H19N3O3/c1-2-19(11-13-6-4-3-5-7-13)12-14(10-17)16(22)18-9-8-15(20)21/h3-7,12H,2,8-9,11H2,1H3,(H,18,22)(H,20,21)/b14-12-. The van der Waals surface area contributed by atoms with Crippen molar-refractivity contribution in [2.45, 2.75) is 19.9 Å². The van der Waals surface area contributed by atoms with E-state index >= 15 is 0 Å². The van der Waals surface area contributed by atoms with Gasteiger partial charge in [0.25, 0.3) is 5.91 Å². The number of carboxylic acid groups (broad SMARTS) is 1. The summed E-state index contributed by atoms with van der Waals surface area (Å²) in [5.74, 6) is -1.56. The van der Waals surface area contributed by atoms with Gasteiger partial charge in [-0.15, -0.1) is 0 Å². The number of carbonyl (C=O) groups excluding carboxylic acids is 1. The Kier molecular flexibility index (Phi) is 7.20. The van der Waals surface area contributed by atoms with Crippen molar-refractivity contribution in [3.8, 4) is 6.07 Å². The molecule has 1 rings (SSSR count). The molecule has 0 saturated heterocycles. The molecule has 1 aromatic carbocycles. The van der Waals surface area contributed by atoms with Crippen molar-refractivity contribution in [3.05, 3.63) is 47.7 Å². The van der Waals surface area contributed by atoms with Crippen molar-refractivity contribution in [3.63, 3.8) is 0 Å². The lowest BCUT2D eigenvalue weighted by Gasteiger charge is -2.18. The highest BCUT2D eigenvalue weighted by Gasteiger charge is 2.11. The Bertz CT molecular complexity index is 576. The molecule has 0 unspecified atom stereocenters. The minimum atomic E-state index is -0.998. The van der Waals surface area contributed by atoms with Gasteiger partial charge in [0.15, 0.2) is 0 Å². The Labute approximate surface area is 129 Å². The molecule has 0 atom stereocenters. The number of nitriles is 1. The molecule has 0 aromatic heterocycles. The second kappa shape index (κ2) is 9.19. The first kappa shape index (κ1) is 17.2. The molecule has 2 N–H and O–H groups in total. The van der Waals surface area contributed by atoms with Gasteiger partial charge in [0.2, 0.25) is 0 Å². The van der Waals surface area contributed by atoms with Crippen LogP contribution in [0.3, 0.4) is 0 Å². The van der Waals surface area contributed by atoms with Gasteiger partial charge in [-0.2, -0.15) is 5.26 Å². The molecule has 6 heteroatoms. The number of amides is 1. The van der Waals surface area contributed by atoms with Crippen LogP contribution in [0.25, 0.3) is 0 Å². The predicted molar refractivity (Wildman–Crippen MR) is 81.5 cm³/mol. The molecule has 0 spiro atoms. The zero-order valence-corrected chi connectivity index (χ0v) is 12.5. The highest BCUT2D eigenvalue weighted by atomic mass is 16.4. The van der Waals surface area contributed by atoms with E-state index in [1.54, 1.807) is 0 Å². The van der Waals surface area contributed by atoms with Crippen LogP contribution in [0.2, 0.25) is 0 Å².